The number of carbonyl (C=O) groups is 1. The second-order valence-corrected chi connectivity index (χ2v) is 8.80. The third-order valence-corrected chi connectivity index (χ3v) is 6.33. The minimum Gasteiger partial charge on any atom is -0.497 e. The van der Waals surface area contributed by atoms with Crippen molar-refractivity contribution in [3.8, 4) is 5.75 Å². The van der Waals surface area contributed by atoms with Crippen LogP contribution < -0.4 is 9.64 Å². The molecule has 0 bridgehead atoms. The maximum absolute atomic E-state index is 13.0. The predicted octanol–water partition coefficient (Wildman–Crippen LogP) is 4.79. The quantitative estimate of drug-likeness (QED) is 0.417. The number of nitrogens with zero attached hydrogens (tertiary/aromatic N) is 4. The van der Waals surface area contributed by atoms with Crippen molar-refractivity contribution in [2.24, 2.45) is 10.2 Å². The molecule has 1 saturated heterocycles. The number of carbonyl (C=O) groups excluding carboxylic acids is 1. The van der Waals surface area contributed by atoms with Crippen LogP contribution in [0.3, 0.4) is 0 Å². The molecule has 0 saturated carbocycles. The Morgan fingerprint density at radius 1 is 1.13 bits per heavy atom. The second-order valence-electron chi connectivity index (χ2n) is 7.63. The molecule has 2 aromatic rings. The third-order valence-electron chi connectivity index (χ3n) is 5.10. The zero-order valence-electron chi connectivity index (χ0n) is 18.6. The Balaban J connectivity index is 1.76. The number of unbranched alkanes of at least 4 members (excludes halogenated alkanes) is 1. The van der Waals surface area contributed by atoms with Crippen molar-refractivity contribution < 1.29 is 9.53 Å². The molecule has 1 heterocycles. The number of rotatable bonds is 9. The van der Waals surface area contributed by atoms with Crippen molar-refractivity contribution in [3.05, 3.63) is 59.7 Å². The smallest absolute Gasteiger partial charge is 0.242 e. The number of methoxy groups -OCH3 is 1. The van der Waals surface area contributed by atoms with E-state index in [1.807, 2.05) is 62.6 Å². The fourth-order valence-corrected chi connectivity index (χ4v) is 4.36. The van der Waals surface area contributed by atoms with Crippen LogP contribution in [0.5, 0.6) is 5.75 Å². The molecule has 0 radical (unpaired) electrons. The molecule has 1 aliphatic heterocycles. The first-order chi connectivity index (χ1) is 15.0. The minimum absolute atomic E-state index is 0.0912. The van der Waals surface area contributed by atoms with Crippen LogP contribution in [-0.2, 0) is 11.3 Å². The van der Waals surface area contributed by atoms with Gasteiger partial charge in [-0.15, -0.1) is 5.10 Å². The molecule has 1 atom stereocenters. The Hall–Kier alpha value is -2.80. The number of amidine groups is 1. The molecule has 1 amide bonds. The van der Waals surface area contributed by atoms with Crippen LogP contribution in [0.1, 0.15) is 37.3 Å². The maximum atomic E-state index is 13.0. The Bertz CT molecular complexity index is 924. The van der Waals surface area contributed by atoms with Gasteiger partial charge in [-0.05, 0) is 41.8 Å². The van der Waals surface area contributed by atoms with E-state index < -0.39 is 0 Å². The van der Waals surface area contributed by atoms with Crippen LogP contribution >= 0.6 is 11.8 Å². The average Bonchev–Trinajstić information content (AvgIpc) is 3.07. The normalized spacial score (nSPS) is 17.7. The fourth-order valence-electron chi connectivity index (χ4n) is 3.22. The third kappa shape index (κ3) is 6.10. The molecule has 7 heteroatoms. The Morgan fingerprint density at radius 3 is 2.45 bits per heavy atom. The van der Waals surface area contributed by atoms with Gasteiger partial charge in [0, 0.05) is 19.8 Å². The molecule has 3 rings (SSSR count). The number of hydrogen-bond acceptors (Lipinski definition) is 6. The highest BCUT2D eigenvalue weighted by Crippen LogP contribution is 2.32. The van der Waals surface area contributed by atoms with Crippen molar-refractivity contribution in [1.82, 2.24) is 4.90 Å². The highest BCUT2D eigenvalue weighted by atomic mass is 32.2. The van der Waals surface area contributed by atoms with E-state index in [2.05, 4.69) is 22.0 Å². The summed E-state index contributed by atoms with van der Waals surface area (Å²) in [5.41, 5.74) is 3.13. The van der Waals surface area contributed by atoms with Gasteiger partial charge >= 0.3 is 0 Å². The molecular formula is C24H30N4O2S. The Labute approximate surface area is 189 Å². The second kappa shape index (κ2) is 11.0. The van der Waals surface area contributed by atoms with Gasteiger partial charge in [-0.3, -0.25) is 9.69 Å². The zero-order valence-corrected chi connectivity index (χ0v) is 19.4. The number of ether oxygens (including phenoxy) is 1. The summed E-state index contributed by atoms with van der Waals surface area (Å²) in [7, 11) is 5.66. The summed E-state index contributed by atoms with van der Waals surface area (Å²) in [5.74, 6) is 0.907. The summed E-state index contributed by atoms with van der Waals surface area (Å²) in [6.45, 7) is 2.62. The average molecular weight is 439 g/mol. The van der Waals surface area contributed by atoms with E-state index in [0.29, 0.717) is 11.7 Å². The lowest BCUT2D eigenvalue weighted by molar-refractivity contribution is -0.126. The van der Waals surface area contributed by atoms with Gasteiger partial charge < -0.3 is 9.64 Å². The molecule has 1 fully saturated rings. The fraction of sp³-hybridized carbons (Fsp3) is 0.375. The molecule has 0 aliphatic carbocycles. The first-order valence-corrected chi connectivity index (χ1v) is 11.4. The SMILES string of the molecule is CCCC[C@H]1S/C(=N/N=C\c2ccc(N(C)C)cc2)N(Cc2ccc(OC)cc2)C1=O. The Kier molecular flexibility index (Phi) is 8.12. The first kappa shape index (κ1) is 22.9. The van der Waals surface area contributed by atoms with Gasteiger partial charge in [0.25, 0.3) is 0 Å². The van der Waals surface area contributed by atoms with Gasteiger partial charge in [0.05, 0.1) is 25.1 Å². The van der Waals surface area contributed by atoms with E-state index >= 15 is 0 Å². The highest BCUT2D eigenvalue weighted by molar-refractivity contribution is 8.15. The van der Waals surface area contributed by atoms with Crippen LogP contribution in [0, 0.1) is 0 Å². The molecular weight excluding hydrogens is 408 g/mol. The van der Waals surface area contributed by atoms with Crippen molar-refractivity contribution in [2.45, 2.75) is 38.0 Å². The van der Waals surface area contributed by atoms with Gasteiger partial charge in [0.2, 0.25) is 5.91 Å². The number of hydrogen-bond donors (Lipinski definition) is 0. The monoisotopic (exact) mass is 438 g/mol. The van der Waals surface area contributed by atoms with E-state index in [1.165, 1.54) is 11.8 Å². The van der Waals surface area contributed by atoms with Crippen LogP contribution in [0.2, 0.25) is 0 Å². The van der Waals surface area contributed by atoms with Gasteiger partial charge in [0.1, 0.15) is 5.75 Å². The molecule has 164 valence electrons. The first-order valence-electron chi connectivity index (χ1n) is 10.5. The zero-order chi connectivity index (χ0) is 22.2. The van der Waals surface area contributed by atoms with Crippen LogP contribution in [-0.4, -0.2) is 48.6 Å². The number of amides is 1. The summed E-state index contributed by atoms with van der Waals surface area (Å²) in [4.78, 5) is 16.8. The van der Waals surface area contributed by atoms with Crippen molar-refractivity contribution in [1.29, 1.82) is 0 Å². The minimum atomic E-state index is -0.0912. The summed E-state index contributed by atoms with van der Waals surface area (Å²) in [5, 5.41) is 9.26. The molecule has 1 aliphatic rings. The lowest BCUT2D eigenvalue weighted by Gasteiger charge is -2.16. The van der Waals surface area contributed by atoms with Crippen molar-refractivity contribution in [2.75, 3.05) is 26.1 Å². The molecule has 31 heavy (non-hydrogen) atoms. The van der Waals surface area contributed by atoms with Crippen LogP contribution in [0.4, 0.5) is 5.69 Å². The van der Waals surface area contributed by atoms with Crippen molar-refractivity contribution in [3.63, 3.8) is 0 Å². The van der Waals surface area contributed by atoms with Gasteiger partial charge in [-0.1, -0.05) is 55.8 Å². The number of benzene rings is 2. The van der Waals surface area contributed by atoms with Crippen molar-refractivity contribution >= 4 is 34.7 Å². The molecule has 2 aromatic carbocycles. The largest absolute Gasteiger partial charge is 0.497 e. The number of anilines is 1. The highest BCUT2D eigenvalue weighted by Gasteiger charge is 2.37. The summed E-state index contributed by atoms with van der Waals surface area (Å²) in [6.07, 6.45) is 4.67. The standard InChI is InChI=1S/C24H30N4O2S/c1-5-6-7-22-23(29)28(17-19-10-14-21(30-4)15-11-19)24(31-22)26-25-16-18-8-12-20(13-9-18)27(2)3/h8-16,22H,5-7,17H2,1-4H3/b25-16-,26-24+/t22-/m1/s1. The molecule has 0 N–H and O–H groups in total. The maximum Gasteiger partial charge on any atom is 0.242 e. The Morgan fingerprint density at radius 2 is 1.84 bits per heavy atom. The predicted molar refractivity (Wildman–Crippen MR) is 130 cm³/mol. The summed E-state index contributed by atoms with van der Waals surface area (Å²) >= 11 is 1.52. The topological polar surface area (TPSA) is 57.5 Å². The molecule has 6 nitrogen and oxygen atoms in total. The van der Waals surface area contributed by atoms with Crippen LogP contribution in [0.15, 0.2) is 58.7 Å². The van der Waals surface area contributed by atoms with Gasteiger partial charge in [0.15, 0.2) is 5.17 Å². The van der Waals surface area contributed by atoms with E-state index in [4.69, 9.17) is 4.74 Å². The van der Waals surface area contributed by atoms with Gasteiger partial charge in [-0.25, -0.2) is 0 Å². The lowest BCUT2D eigenvalue weighted by atomic mass is 10.1. The van der Waals surface area contributed by atoms with E-state index in [1.54, 1.807) is 18.2 Å². The van der Waals surface area contributed by atoms with E-state index in [-0.39, 0.29) is 11.2 Å². The summed E-state index contributed by atoms with van der Waals surface area (Å²) in [6, 6.07) is 15.9. The number of thioether (sulfide) groups is 1. The van der Waals surface area contributed by atoms with E-state index in [9.17, 15) is 4.79 Å². The van der Waals surface area contributed by atoms with Gasteiger partial charge in [-0.2, -0.15) is 5.10 Å². The molecule has 0 aromatic heterocycles. The molecule has 0 unspecified atom stereocenters. The molecule has 0 spiro atoms. The lowest BCUT2D eigenvalue weighted by Crippen LogP contribution is -2.31. The summed E-state index contributed by atoms with van der Waals surface area (Å²) < 4.78 is 5.23. The van der Waals surface area contributed by atoms with E-state index in [0.717, 1.165) is 41.8 Å². The van der Waals surface area contributed by atoms with Crippen LogP contribution in [0.25, 0.3) is 0 Å².